The second kappa shape index (κ2) is 5.52. The molecule has 104 valence electrons. The first kappa shape index (κ1) is 14.4. The summed E-state index contributed by atoms with van der Waals surface area (Å²) < 4.78 is 26.5. The fraction of sp³-hybridized carbons (Fsp3) is 0. The number of hydrogen-bond acceptors (Lipinski definition) is 3. The molecule has 2 N–H and O–H groups in total. The van der Waals surface area contributed by atoms with Gasteiger partial charge in [-0.05, 0) is 30.3 Å². The van der Waals surface area contributed by atoms with Gasteiger partial charge in [-0.3, -0.25) is 4.72 Å². The lowest BCUT2D eigenvalue weighted by molar-refractivity contribution is 0.0697. The summed E-state index contributed by atoms with van der Waals surface area (Å²) in [6.45, 7) is 0. The second-order valence-electron chi connectivity index (χ2n) is 3.92. The van der Waals surface area contributed by atoms with Crippen LogP contribution in [0.1, 0.15) is 10.4 Å². The standard InChI is InChI=1S/C13H10ClNO4S/c14-11-7-6-9(13(16)17)8-12(11)15-20(18,19)10-4-2-1-3-5-10/h1-8,15H,(H,16,17). The molecule has 0 aliphatic heterocycles. The minimum absolute atomic E-state index is 0.0235. The van der Waals surface area contributed by atoms with Crippen LogP contribution in [0.4, 0.5) is 5.69 Å². The zero-order valence-corrected chi connectivity index (χ0v) is 11.6. The van der Waals surface area contributed by atoms with E-state index in [2.05, 4.69) is 4.72 Å². The van der Waals surface area contributed by atoms with Gasteiger partial charge in [-0.15, -0.1) is 0 Å². The van der Waals surface area contributed by atoms with Crippen molar-refractivity contribution in [3.05, 3.63) is 59.1 Å². The van der Waals surface area contributed by atoms with Gasteiger partial charge in [-0.1, -0.05) is 29.8 Å². The minimum atomic E-state index is -3.81. The average molecular weight is 312 g/mol. The van der Waals surface area contributed by atoms with Crippen molar-refractivity contribution in [1.82, 2.24) is 0 Å². The molecule has 2 aromatic carbocycles. The van der Waals surface area contributed by atoms with Gasteiger partial charge in [0.15, 0.2) is 0 Å². The van der Waals surface area contributed by atoms with Gasteiger partial charge in [0, 0.05) is 0 Å². The normalized spacial score (nSPS) is 11.1. The van der Waals surface area contributed by atoms with E-state index in [0.29, 0.717) is 0 Å². The number of rotatable bonds is 4. The summed E-state index contributed by atoms with van der Waals surface area (Å²) in [7, 11) is -3.81. The number of anilines is 1. The van der Waals surface area contributed by atoms with E-state index in [1.165, 1.54) is 30.3 Å². The molecule has 20 heavy (non-hydrogen) atoms. The Hall–Kier alpha value is -2.05. The van der Waals surface area contributed by atoms with Gasteiger partial charge in [0.25, 0.3) is 10.0 Å². The highest BCUT2D eigenvalue weighted by Crippen LogP contribution is 2.25. The fourth-order valence-corrected chi connectivity index (χ4v) is 2.85. The Morgan fingerprint density at radius 3 is 2.35 bits per heavy atom. The Bertz CT molecular complexity index is 744. The Morgan fingerprint density at radius 1 is 1.10 bits per heavy atom. The van der Waals surface area contributed by atoms with Crippen LogP contribution in [0.3, 0.4) is 0 Å². The van der Waals surface area contributed by atoms with Gasteiger partial charge in [0.2, 0.25) is 0 Å². The maximum atomic E-state index is 12.1. The van der Waals surface area contributed by atoms with Crippen LogP contribution in [0.25, 0.3) is 0 Å². The molecule has 0 spiro atoms. The van der Waals surface area contributed by atoms with Crippen LogP contribution >= 0.6 is 11.6 Å². The predicted molar refractivity (Wildman–Crippen MR) is 75.7 cm³/mol. The quantitative estimate of drug-likeness (QED) is 0.909. The Kier molecular flexibility index (Phi) is 3.96. The van der Waals surface area contributed by atoms with Crippen molar-refractivity contribution < 1.29 is 18.3 Å². The molecule has 0 amide bonds. The van der Waals surface area contributed by atoms with Crippen LogP contribution in [0, 0.1) is 0 Å². The number of nitrogens with one attached hydrogen (secondary N) is 1. The highest BCUT2D eigenvalue weighted by Gasteiger charge is 2.16. The number of hydrogen-bond donors (Lipinski definition) is 2. The smallest absolute Gasteiger partial charge is 0.335 e. The first-order valence-electron chi connectivity index (χ1n) is 5.51. The number of carboxylic acids is 1. The Labute approximate surface area is 120 Å². The summed E-state index contributed by atoms with van der Waals surface area (Å²) >= 11 is 5.87. The van der Waals surface area contributed by atoms with Gasteiger partial charge in [-0.25, -0.2) is 13.2 Å². The molecule has 0 bridgehead atoms. The number of aromatic carboxylic acids is 1. The maximum Gasteiger partial charge on any atom is 0.335 e. The fourth-order valence-electron chi connectivity index (χ4n) is 1.54. The molecule has 2 aromatic rings. The Balaban J connectivity index is 2.39. The Morgan fingerprint density at radius 2 is 1.75 bits per heavy atom. The van der Waals surface area contributed by atoms with Crippen molar-refractivity contribution in [3.63, 3.8) is 0 Å². The lowest BCUT2D eigenvalue weighted by atomic mass is 10.2. The number of benzene rings is 2. The minimum Gasteiger partial charge on any atom is -0.478 e. The lowest BCUT2D eigenvalue weighted by Crippen LogP contribution is -2.13. The third-order valence-electron chi connectivity index (χ3n) is 2.51. The molecule has 0 aliphatic rings. The lowest BCUT2D eigenvalue weighted by Gasteiger charge is -2.10. The van der Waals surface area contributed by atoms with Crippen molar-refractivity contribution in [2.75, 3.05) is 4.72 Å². The van der Waals surface area contributed by atoms with Crippen LogP contribution in [0.5, 0.6) is 0 Å². The first-order valence-corrected chi connectivity index (χ1v) is 7.37. The molecular weight excluding hydrogens is 302 g/mol. The summed E-state index contributed by atoms with van der Waals surface area (Å²) in [5, 5.41) is 9.02. The zero-order valence-electron chi connectivity index (χ0n) is 10.1. The van der Waals surface area contributed by atoms with Crippen LogP contribution in [0.15, 0.2) is 53.4 Å². The second-order valence-corrected chi connectivity index (χ2v) is 6.01. The molecule has 0 atom stereocenters. The third-order valence-corrected chi connectivity index (χ3v) is 4.22. The molecule has 0 saturated carbocycles. The maximum absolute atomic E-state index is 12.1. The van der Waals surface area contributed by atoms with Crippen LogP contribution < -0.4 is 4.72 Å². The largest absolute Gasteiger partial charge is 0.478 e. The van der Waals surface area contributed by atoms with Crippen molar-refractivity contribution in [1.29, 1.82) is 0 Å². The molecule has 0 aliphatic carbocycles. The molecule has 0 radical (unpaired) electrons. The van der Waals surface area contributed by atoms with E-state index < -0.39 is 16.0 Å². The van der Waals surface area contributed by atoms with E-state index in [9.17, 15) is 13.2 Å². The van der Waals surface area contributed by atoms with Crippen LogP contribution in [-0.2, 0) is 10.0 Å². The first-order chi connectivity index (χ1) is 9.40. The number of carbonyl (C=O) groups is 1. The van der Waals surface area contributed by atoms with E-state index in [4.69, 9.17) is 16.7 Å². The molecule has 0 heterocycles. The van der Waals surface area contributed by atoms with E-state index in [0.717, 1.165) is 0 Å². The highest BCUT2D eigenvalue weighted by atomic mass is 35.5. The molecule has 0 saturated heterocycles. The summed E-state index contributed by atoms with van der Waals surface area (Å²) in [5.74, 6) is -1.16. The predicted octanol–water partition coefficient (Wildman–Crippen LogP) is 2.84. The van der Waals surface area contributed by atoms with Gasteiger partial charge in [0.05, 0.1) is 21.2 Å². The average Bonchev–Trinajstić information content (AvgIpc) is 2.42. The van der Waals surface area contributed by atoms with E-state index in [-0.39, 0.29) is 21.2 Å². The van der Waals surface area contributed by atoms with E-state index in [1.54, 1.807) is 18.2 Å². The van der Waals surface area contributed by atoms with Gasteiger partial charge in [0.1, 0.15) is 0 Å². The highest BCUT2D eigenvalue weighted by molar-refractivity contribution is 7.92. The molecule has 2 rings (SSSR count). The molecule has 5 nitrogen and oxygen atoms in total. The van der Waals surface area contributed by atoms with E-state index in [1.807, 2.05) is 0 Å². The summed E-state index contributed by atoms with van der Waals surface area (Å²) in [6, 6.07) is 11.5. The van der Waals surface area contributed by atoms with Crippen molar-refractivity contribution >= 4 is 33.3 Å². The van der Waals surface area contributed by atoms with Crippen molar-refractivity contribution in [2.45, 2.75) is 4.90 Å². The number of sulfonamides is 1. The van der Waals surface area contributed by atoms with Crippen molar-refractivity contribution in [2.24, 2.45) is 0 Å². The third kappa shape index (κ3) is 3.09. The number of halogens is 1. The molecule has 0 unspecified atom stereocenters. The summed E-state index contributed by atoms with van der Waals surface area (Å²) in [5.41, 5.74) is -0.0319. The van der Waals surface area contributed by atoms with Gasteiger partial charge < -0.3 is 5.11 Å². The molecule has 7 heteroatoms. The topological polar surface area (TPSA) is 83.5 Å². The van der Waals surface area contributed by atoms with Gasteiger partial charge >= 0.3 is 5.97 Å². The molecular formula is C13H10ClNO4S. The van der Waals surface area contributed by atoms with Gasteiger partial charge in [-0.2, -0.15) is 0 Å². The van der Waals surface area contributed by atoms with Crippen LogP contribution in [0.2, 0.25) is 5.02 Å². The SMILES string of the molecule is O=C(O)c1ccc(Cl)c(NS(=O)(=O)c2ccccc2)c1. The zero-order chi connectivity index (χ0) is 14.8. The molecule has 0 fully saturated rings. The van der Waals surface area contributed by atoms with Crippen molar-refractivity contribution in [3.8, 4) is 0 Å². The summed E-state index contributed by atoms with van der Waals surface area (Å²) in [4.78, 5) is 10.9. The number of carboxylic acid groups (broad SMARTS) is 1. The monoisotopic (exact) mass is 311 g/mol. The summed E-state index contributed by atoms with van der Waals surface area (Å²) in [6.07, 6.45) is 0. The van der Waals surface area contributed by atoms with Crippen LogP contribution in [-0.4, -0.2) is 19.5 Å². The molecule has 0 aromatic heterocycles. The van der Waals surface area contributed by atoms with E-state index >= 15 is 0 Å².